The molecule has 0 radical (unpaired) electrons. The summed E-state index contributed by atoms with van der Waals surface area (Å²) < 4.78 is 2.15. The van der Waals surface area contributed by atoms with Crippen molar-refractivity contribution < 1.29 is 4.79 Å². The first kappa shape index (κ1) is 20.5. The summed E-state index contributed by atoms with van der Waals surface area (Å²) in [6, 6.07) is 8.56. The molecule has 3 N–H and O–H groups in total. The van der Waals surface area contributed by atoms with E-state index in [0.717, 1.165) is 49.7 Å². The molecule has 0 saturated carbocycles. The maximum Gasteiger partial charge on any atom is 0.228 e. The Hall–Kier alpha value is -2.42. The van der Waals surface area contributed by atoms with E-state index < -0.39 is 0 Å². The molecule has 0 spiro atoms. The number of hydrogen-bond acceptors (Lipinski definition) is 6. The number of likely N-dealkylation sites (tertiary alicyclic amines) is 1. The van der Waals surface area contributed by atoms with Gasteiger partial charge in [0.1, 0.15) is 4.83 Å². The lowest BCUT2D eigenvalue weighted by atomic mass is 9.93. The molecule has 3 unspecified atom stereocenters. The van der Waals surface area contributed by atoms with Crippen LogP contribution in [0.25, 0.3) is 4.83 Å². The van der Waals surface area contributed by atoms with Crippen LogP contribution in [0.1, 0.15) is 43.9 Å². The first-order valence-corrected chi connectivity index (χ1v) is 12.1. The number of para-hydroxylation sites is 1. The van der Waals surface area contributed by atoms with Gasteiger partial charge in [-0.3, -0.25) is 20.0 Å². The van der Waals surface area contributed by atoms with Crippen LogP contribution in [-0.2, 0) is 11.2 Å². The van der Waals surface area contributed by atoms with E-state index in [0.29, 0.717) is 6.54 Å². The average Bonchev–Trinajstić information content (AvgIpc) is 3.52. The van der Waals surface area contributed by atoms with Gasteiger partial charge in [-0.05, 0) is 37.8 Å². The van der Waals surface area contributed by atoms with Crippen molar-refractivity contribution in [2.75, 3.05) is 25.0 Å². The number of nitrogens with zero attached hydrogens (tertiary/aromatic N) is 3. The van der Waals surface area contributed by atoms with Gasteiger partial charge in [0.15, 0.2) is 0 Å². The molecule has 2 aromatic heterocycles. The second-order valence-electron chi connectivity index (χ2n) is 8.58. The molecular weight excluding hydrogens is 408 g/mol. The molecule has 5 rings (SSSR count). The predicted molar refractivity (Wildman–Crippen MR) is 125 cm³/mol. The second-order valence-corrected chi connectivity index (χ2v) is 9.47. The minimum atomic E-state index is 0.00489. The van der Waals surface area contributed by atoms with Crippen LogP contribution in [0.3, 0.4) is 0 Å². The fourth-order valence-corrected chi connectivity index (χ4v) is 5.72. The average molecular weight is 439 g/mol. The maximum atomic E-state index is 13.1. The van der Waals surface area contributed by atoms with Crippen LogP contribution >= 0.6 is 11.3 Å². The van der Waals surface area contributed by atoms with Crippen molar-refractivity contribution in [3.8, 4) is 0 Å². The normalized spacial score (nSPS) is 24.1. The molecule has 2 aliphatic heterocycles. The number of anilines is 2. The number of hydrogen-bond donors (Lipinski definition) is 3. The summed E-state index contributed by atoms with van der Waals surface area (Å²) in [5.41, 5.74) is 9.78. The Morgan fingerprint density at radius 2 is 2.23 bits per heavy atom. The lowest BCUT2D eigenvalue weighted by molar-refractivity contribution is -0.136. The highest BCUT2D eigenvalue weighted by atomic mass is 32.1. The number of hydrazine groups is 1. The highest BCUT2D eigenvalue weighted by Gasteiger charge is 2.36. The van der Waals surface area contributed by atoms with Gasteiger partial charge in [-0.15, -0.1) is 11.3 Å². The molecule has 2 fully saturated rings. The zero-order chi connectivity index (χ0) is 21.4. The number of aromatic nitrogens is 2. The minimum Gasteiger partial charge on any atom is -0.342 e. The highest BCUT2D eigenvalue weighted by molar-refractivity contribution is 7.15. The summed E-state index contributed by atoms with van der Waals surface area (Å²) in [6.45, 7) is 6.53. The van der Waals surface area contributed by atoms with Crippen molar-refractivity contribution in [3.63, 3.8) is 0 Å². The number of amides is 1. The molecule has 31 heavy (non-hydrogen) atoms. The largest absolute Gasteiger partial charge is 0.342 e. The van der Waals surface area contributed by atoms with Gasteiger partial charge >= 0.3 is 0 Å². The zero-order valence-corrected chi connectivity index (χ0v) is 18.9. The Balaban J connectivity index is 1.40. The SMILES string of the molecule is CCc1ccccc1Nc1nc(C2CCCN(C(=O)C3CNNC3C)C2)c2sccn12. The van der Waals surface area contributed by atoms with Crippen LogP contribution < -0.4 is 16.2 Å². The number of carbonyl (C=O) groups is 1. The van der Waals surface area contributed by atoms with E-state index in [9.17, 15) is 4.79 Å². The Morgan fingerprint density at radius 1 is 1.35 bits per heavy atom. The summed E-state index contributed by atoms with van der Waals surface area (Å²) in [7, 11) is 0. The number of aryl methyl sites for hydroxylation is 1. The third-order valence-corrected chi connectivity index (χ3v) is 7.51. The number of piperidine rings is 1. The number of imidazole rings is 1. The number of rotatable bonds is 5. The topological polar surface area (TPSA) is 73.7 Å². The van der Waals surface area contributed by atoms with Gasteiger partial charge in [0.2, 0.25) is 11.9 Å². The Labute approximate surface area is 186 Å². The van der Waals surface area contributed by atoms with Crippen molar-refractivity contribution >= 4 is 33.7 Å². The summed E-state index contributed by atoms with van der Waals surface area (Å²) in [5, 5.41) is 5.67. The van der Waals surface area contributed by atoms with Crippen molar-refractivity contribution in [3.05, 3.63) is 47.1 Å². The monoisotopic (exact) mass is 438 g/mol. The molecule has 0 aliphatic carbocycles. The lowest BCUT2D eigenvalue weighted by Gasteiger charge is -2.34. The van der Waals surface area contributed by atoms with Gasteiger partial charge in [-0.25, -0.2) is 4.98 Å². The van der Waals surface area contributed by atoms with E-state index in [1.54, 1.807) is 11.3 Å². The summed E-state index contributed by atoms with van der Waals surface area (Å²) >= 11 is 1.72. The second kappa shape index (κ2) is 8.61. The first-order chi connectivity index (χ1) is 15.2. The molecule has 8 heteroatoms. The molecule has 0 bridgehead atoms. The molecule has 7 nitrogen and oxygen atoms in total. The van der Waals surface area contributed by atoms with Crippen molar-refractivity contribution in [2.24, 2.45) is 5.92 Å². The van der Waals surface area contributed by atoms with Gasteiger partial charge in [0.05, 0.1) is 11.6 Å². The molecule has 3 atom stereocenters. The van der Waals surface area contributed by atoms with Crippen LogP contribution in [0.4, 0.5) is 11.6 Å². The van der Waals surface area contributed by atoms with Crippen molar-refractivity contribution in [1.82, 2.24) is 25.1 Å². The zero-order valence-electron chi connectivity index (χ0n) is 18.1. The lowest BCUT2D eigenvalue weighted by Crippen LogP contribution is -2.45. The fraction of sp³-hybridized carbons (Fsp3) is 0.478. The number of benzene rings is 1. The van der Waals surface area contributed by atoms with E-state index >= 15 is 0 Å². The van der Waals surface area contributed by atoms with Crippen molar-refractivity contribution in [2.45, 2.75) is 45.1 Å². The fourth-order valence-electron chi connectivity index (χ4n) is 4.82. The highest BCUT2D eigenvalue weighted by Crippen LogP contribution is 2.35. The summed E-state index contributed by atoms with van der Waals surface area (Å²) in [6.07, 6.45) is 5.13. The Bertz CT molecular complexity index is 1080. The molecule has 2 aliphatic rings. The van der Waals surface area contributed by atoms with Gasteiger partial charge in [-0.1, -0.05) is 25.1 Å². The molecule has 1 amide bonds. The molecular formula is C23H30N6OS. The predicted octanol–water partition coefficient (Wildman–Crippen LogP) is 3.52. The van der Waals surface area contributed by atoms with E-state index in [-0.39, 0.29) is 23.8 Å². The van der Waals surface area contributed by atoms with Crippen LogP contribution in [0.5, 0.6) is 0 Å². The standard InChI is InChI=1S/C23H30N6OS/c1-3-16-7-4-5-9-19(16)25-23-26-20(22-29(23)11-12-31-22)17-8-6-10-28(14-17)21(30)18-13-24-27-15(18)2/h4-5,7,9,11-12,15,17-18,24,27H,3,6,8,10,13-14H2,1-2H3,(H,25,26). The van der Waals surface area contributed by atoms with Crippen LogP contribution in [0.15, 0.2) is 35.8 Å². The van der Waals surface area contributed by atoms with Gasteiger partial charge in [0, 0.05) is 48.9 Å². The summed E-state index contributed by atoms with van der Waals surface area (Å²) in [4.78, 5) is 21.4. The molecule has 3 aromatic rings. The first-order valence-electron chi connectivity index (χ1n) is 11.2. The third kappa shape index (κ3) is 3.84. The van der Waals surface area contributed by atoms with E-state index in [1.807, 2.05) is 0 Å². The quantitative estimate of drug-likeness (QED) is 0.568. The number of carbonyl (C=O) groups excluding carboxylic acids is 1. The van der Waals surface area contributed by atoms with Crippen LogP contribution in [-0.4, -0.2) is 45.9 Å². The third-order valence-electron chi connectivity index (χ3n) is 6.62. The smallest absolute Gasteiger partial charge is 0.228 e. The molecule has 1 aromatic carbocycles. The summed E-state index contributed by atoms with van der Waals surface area (Å²) in [5.74, 6) is 1.38. The molecule has 164 valence electrons. The Morgan fingerprint density at radius 3 is 3.03 bits per heavy atom. The van der Waals surface area contributed by atoms with Gasteiger partial charge < -0.3 is 10.2 Å². The Kier molecular flexibility index (Phi) is 5.69. The number of nitrogens with one attached hydrogen (secondary N) is 3. The van der Waals surface area contributed by atoms with E-state index in [4.69, 9.17) is 4.98 Å². The van der Waals surface area contributed by atoms with Crippen LogP contribution in [0.2, 0.25) is 0 Å². The van der Waals surface area contributed by atoms with E-state index in [2.05, 4.69) is 75.2 Å². The van der Waals surface area contributed by atoms with Crippen LogP contribution in [0, 0.1) is 5.92 Å². The van der Waals surface area contributed by atoms with E-state index in [1.165, 1.54) is 10.4 Å². The van der Waals surface area contributed by atoms with Gasteiger partial charge in [-0.2, -0.15) is 0 Å². The maximum absolute atomic E-state index is 13.1. The molecule has 2 saturated heterocycles. The minimum absolute atomic E-state index is 0.00489. The number of fused-ring (bicyclic) bond motifs is 1. The number of thiazole rings is 1. The van der Waals surface area contributed by atoms with Gasteiger partial charge in [0.25, 0.3) is 0 Å². The van der Waals surface area contributed by atoms with Crippen molar-refractivity contribution in [1.29, 1.82) is 0 Å². The molecule has 4 heterocycles.